The van der Waals surface area contributed by atoms with Crippen LogP contribution >= 0.6 is 24.0 Å². The summed E-state index contributed by atoms with van der Waals surface area (Å²) in [6, 6.07) is 0. The van der Waals surface area contributed by atoms with Crippen LogP contribution in [-0.2, 0) is 4.74 Å². The zero-order chi connectivity index (χ0) is 16.4. The van der Waals surface area contributed by atoms with E-state index in [1.165, 1.54) is 25.7 Å². The average molecular weight is 437 g/mol. The van der Waals surface area contributed by atoms with Crippen molar-refractivity contribution in [3.8, 4) is 0 Å². The molecule has 0 spiro atoms. The minimum Gasteiger partial charge on any atom is -0.385 e. The number of ether oxygens (including phenoxy) is 1. The molecule has 0 amide bonds. The molecule has 4 nitrogen and oxygen atoms in total. The van der Waals surface area contributed by atoms with Crippen LogP contribution in [0.2, 0.25) is 0 Å². The third-order valence-electron chi connectivity index (χ3n) is 6.47. The Morgan fingerprint density at radius 2 is 1.78 bits per heavy atom. The van der Waals surface area contributed by atoms with Crippen molar-refractivity contribution in [2.45, 2.75) is 65.3 Å². The van der Waals surface area contributed by atoms with Crippen molar-refractivity contribution < 1.29 is 4.74 Å². The van der Waals surface area contributed by atoms with Crippen molar-refractivity contribution in [1.29, 1.82) is 0 Å². The summed E-state index contributed by atoms with van der Waals surface area (Å²) in [7, 11) is 3.71. The van der Waals surface area contributed by atoms with E-state index in [1.807, 2.05) is 7.05 Å². The maximum atomic E-state index is 5.33. The molecule has 0 radical (unpaired) electrons. The van der Waals surface area contributed by atoms with Crippen LogP contribution in [0.3, 0.4) is 0 Å². The SMILES string of the molecule is CN=C(NCC1(CCOC)CCCC1)N1CC(C)(C)C1(C)C.I. The maximum absolute atomic E-state index is 5.33. The highest BCUT2D eigenvalue weighted by atomic mass is 127. The molecule has 1 aliphatic carbocycles. The van der Waals surface area contributed by atoms with E-state index in [9.17, 15) is 0 Å². The average Bonchev–Trinajstić information content (AvgIpc) is 2.94. The lowest BCUT2D eigenvalue weighted by Crippen LogP contribution is -2.72. The fourth-order valence-electron chi connectivity index (χ4n) is 3.92. The van der Waals surface area contributed by atoms with Gasteiger partial charge in [0.25, 0.3) is 0 Å². The van der Waals surface area contributed by atoms with Crippen LogP contribution in [0.15, 0.2) is 4.99 Å². The van der Waals surface area contributed by atoms with E-state index >= 15 is 0 Å². The summed E-state index contributed by atoms with van der Waals surface area (Å²) in [5.74, 6) is 1.06. The van der Waals surface area contributed by atoms with Crippen LogP contribution < -0.4 is 5.32 Å². The van der Waals surface area contributed by atoms with Crippen molar-refractivity contribution in [3.05, 3.63) is 0 Å². The number of aliphatic imine (C=N–C) groups is 1. The molecular formula is C18H36IN3O. The van der Waals surface area contributed by atoms with Gasteiger partial charge in [0, 0.05) is 44.8 Å². The Morgan fingerprint density at radius 3 is 2.22 bits per heavy atom. The molecule has 1 N–H and O–H groups in total. The van der Waals surface area contributed by atoms with Gasteiger partial charge in [-0.1, -0.05) is 26.7 Å². The van der Waals surface area contributed by atoms with Gasteiger partial charge in [-0.15, -0.1) is 24.0 Å². The van der Waals surface area contributed by atoms with E-state index in [0.29, 0.717) is 10.8 Å². The van der Waals surface area contributed by atoms with Gasteiger partial charge < -0.3 is 15.0 Å². The van der Waals surface area contributed by atoms with Crippen molar-refractivity contribution in [2.24, 2.45) is 15.8 Å². The topological polar surface area (TPSA) is 36.9 Å². The molecule has 1 heterocycles. The molecule has 1 aliphatic heterocycles. The summed E-state index contributed by atoms with van der Waals surface area (Å²) in [6.45, 7) is 12.3. The lowest BCUT2D eigenvalue weighted by Gasteiger charge is -2.62. The van der Waals surface area contributed by atoms with E-state index in [1.54, 1.807) is 7.11 Å². The minimum atomic E-state index is 0. The second-order valence-corrected chi connectivity index (χ2v) is 8.38. The Bertz CT molecular complexity index is 414. The summed E-state index contributed by atoms with van der Waals surface area (Å²) in [5, 5.41) is 3.68. The fourth-order valence-corrected chi connectivity index (χ4v) is 3.92. The molecule has 0 aromatic heterocycles. The Kier molecular flexibility index (Phi) is 7.21. The van der Waals surface area contributed by atoms with Crippen LogP contribution in [0.25, 0.3) is 0 Å². The Hall–Kier alpha value is -0.0400. The third-order valence-corrected chi connectivity index (χ3v) is 6.47. The molecule has 1 saturated heterocycles. The summed E-state index contributed by atoms with van der Waals surface area (Å²) in [6.07, 6.45) is 6.49. The van der Waals surface area contributed by atoms with Gasteiger partial charge >= 0.3 is 0 Å². The monoisotopic (exact) mass is 437 g/mol. The highest BCUT2D eigenvalue weighted by molar-refractivity contribution is 14.0. The lowest BCUT2D eigenvalue weighted by molar-refractivity contribution is -0.0671. The van der Waals surface area contributed by atoms with Gasteiger partial charge in [0.2, 0.25) is 0 Å². The zero-order valence-electron chi connectivity index (χ0n) is 15.9. The van der Waals surface area contributed by atoms with Crippen molar-refractivity contribution in [1.82, 2.24) is 10.2 Å². The van der Waals surface area contributed by atoms with Crippen LogP contribution in [-0.4, -0.2) is 50.3 Å². The van der Waals surface area contributed by atoms with E-state index < -0.39 is 0 Å². The van der Waals surface area contributed by atoms with Gasteiger partial charge in [0.1, 0.15) is 0 Å². The number of hydrogen-bond acceptors (Lipinski definition) is 2. The second kappa shape index (κ2) is 7.89. The molecule has 0 aromatic carbocycles. The smallest absolute Gasteiger partial charge is 0.194 e. The predicted octanol–water partition coefficient (Wildman–Crippen LogP) is 3.90. The molecule has 2 fully saturated rings. The molecule has 2 rings (SSSR count). The van der Waals surface area contributed by atoms with E-state index in [0.717, 1.165) is 32.1 Å². The molecule has 1 saturated carbocycles. The number of guanidine groups is 1. The summed E-state index contributed by atoms with van der Waals surface area (Å²) < 4.78 is 5.33. The summed E-state index contributed by atoms with van der Waals surface area (Å²) in [4.78, 5) is 6.97. The minimum absolute atomic E-state index is 0. The van der Waals surface area contributed by atoms with Crippen molar-refractivity contribution in [2.75, 3.05) is 33.9 Å². The maximum Gasteiger partial charge on any atom is 0.194 e. The Morgan fingerprint density at radius 1 is 1.17 bits per heavy atom. The van der Waals surface area contributed by atoms with Gasteiger partial charge in [-0.25, -0.2) is 0 Å². The Balaban J connectivity index is 0.00000264. The highest BCUT2D eigenvalue weighted by Crippen LogP contribution is 2.46. The standard InChI is InChI=1S/C18H35N3O.HI/c1-16(2)14-21(17(16,3)4)15(19-5)20-13-18(11-12-22-6)9-7-8-10-18;/h7-14H2,1-6H3,(H,19,20);1H. The molecular weight excluding hydrogens is 401 g/mol. The molecule has 136 valence electrons. The van der Waals surface area contributed by atoms with Crippen molar-refractivity contribution in [3.63, 3.8) is 0 Å². The highest BCUT2D eigenvalue weighted by Gasteiger charge is 2.53. The number of nitrogens with zero attached hydrogens (tertiary/aromatic N) is 2. The van der Waals surface area contributed by atoms with Gasteiger partial charge in [0.05, 0.1) is 0 Å². The largest absolute Gasteiger partial charge is 0.385 e. The van der Waals surface area contributed by atoms with Gasteiger partial charge in [-0.3, -0.25) is 4.99 Å². The Labute approximate surface area is 159 Å². The zero-order valence-corrected chi connectivity index (χ0v) is 18.2. The second-order valence-electron chi connectivity index (χ2n) is 8.38. The summed E-state index contributed by atoms with van der Waals surface area (Å²) in [5.41, 5.74) is 0.895. The first kappa shape index (κ1) is 21.0. The lowest BCUT2D eigenvalue weighted by atomic mass is 9.65. The summed E-state index contributed by atoms with van der Waals surface area (Å²) >= 11 is 0. The van der Waals surface area contributed by atoms with E-state index in [2.05, 4.69) is 42.9 Å². The predicted molar refractivity (Wildman–Crippen MR) is 109 cm³/mol. The third kappa shape index (κ3) is 4.14. The van der Waals surface area contributed by atoms with Gasteiger partial charge in [-0.2, -0.15) is 0 Å². The van der Waals surface area contributed by atoms with Gasteiger partial charge in [0.15, 0.2) is 5.96 Å². The van der Waals surface area contributed by atoms with Crippen molar-refractivity contribution >= 4 is 29.9 Å². The molecule has 5 heteroatoms. The quantitative estimate of drug-likeness (QED) is 0.403. The van der Waals surface area contributed by atoms with Gasteiger partial charge in [-0.05, 0) is 38.5 Å². The van der Waals surface area contributed by atoms with Crippen LogP contribution in [0.5, 0.6) is 0 Å². The first-order chi connectivity index (χ1) is 10.3. The number of hydrogen-bond donors (Lipinski definition) is 1. The van der Waals surface area contributed by atoms with Crippen LogP contribution in [0, 0.1) is 10.8 Å². The van der Waals surface area contributed by atoms with E-state index in [-0.39, 0.29) is 29.5 Å². The first-order valence-corrected chi connectivity index (χ1v) is 8.75. The molecule has 0 unspecified atom stereocenters. The normalized spacial score (nSPS) is 24.8. The number of rotatable bonds is 5. The number of halogens is 1. The van der Waals surface area contributed by atoms with Crippen LogP contribution in [0.4, 0.5) is 0 Å². The molecule has 0 atom stereocenters. The van der Waals surface area contributed by atoms with E-state index in [4.69, 9.17) is 4.74 Å². The molecule has 0 aromatic rings. The number of likely N-dealkylation sites (tertiary alicyclic amines) is 1. The van der Waals surface area contributed by atoms with Crippen LogP contribution in [0.1, 0.15) is 59.8 Å². The molecule has 0 bridgehead atoms. The molecule has 2 aliphatic rings. The first-order valence-electron chi connectivity index (χ1n) is 8.75. The number of nitrogens with one attached hydrogen (secondary N) is 1. The number of methoxy groups -OCH3 is 1. The fraction of sp³-hybridized carbons (Fsp3) is 0.944. The molecule has 23 heavy (non-hydrogen) atoms.